The minimum atomic E-state index is -1.12. The first-order valence-electron chi connectivity index (χ1n) is 10.3. The SMILES string of the molecule is O=C(Nc1cccc(Cl)c1)C1C(c2cccc(Cl)c2F)[C@H](C(=O)O)NC12CCCCC2. The number of nitrogens with one attached hydrogen (secondary N) is 2. The van der Waals surface area contributed by atoms with Crippen LogP contribution in [0.15, 0.2) is 42.5 Å². The van der Waals surface area contributed by atoms with Crippen molar-refractivity contribution in [1.82, 2.24) is 5.32 Å². The highest BCUT2D eigenvalue weighted by molar-refractivity contribution is 6.31. The second-order valence-electron chi connectivity index (χ2n) is 8.32. The quantitative estimate of drug-likeness (QED) is 0.578. The van der Waals surface area contributed by atoms with Gasteiger partial charge in [0.1, 0.15) is 11.9 Å². The fraction of sp³-hybridized carbons (Fsp3) is 0.391. The van der Waals surface area contributed by atoms with E-state index in [2.05, 4.69) is 10.6 Å². The molecule has 3 atom stereocenters. The van der Waals surface area contributed by atoms with E-state index in [1.807, 2.05) is 0 Å². The normalized spacial score (nSPS) is 24.8. The number of anilines is 1. The van der Waals surface area contributed by atoms with Crippen molar-refractivity contribution >= 4 is 40.8 Å². The molecule has 31 heavy (non-hydrogen) atoms. The molecule has 1 heterocycles. The predicted molar refractivity (Wildman–Crippen MR) is 118 cm³/mol. The molecule has 1 saturated carbocycles. The zero-order valence-electron chi connectivity index (χ0n) is 16.7. The van der Waals surface area contributed by atoms with Crippen molar-refractivity contribution in [2.45, 2.75) is 49.6 Å². The van der Waals surface area contributed by atoms with Gasteiger partial charge in [0.15, 0.2) is 0 Å². The van der Waals surface area contributed by atoms with Gasteiger partial charge in [-0.2, -0.15) is 0 Å². The van der Waals surface area contributed by atoms with Crippen LogP contribution in [0.1, 0.15) is 43.6 Å². The van der Waals surface area contributed by atoms with Gasteiger partial charge in [0, 0.05) is 22.2 Å². The van der Waals surface area contributed by atoms with Gasteiger partial charge in [0.2, 0.25) is 5.91 Å². The summed E-state index contributed by atoms with van der Waals surface area (Å²) in [6.45, 7) is 0. The van der Waals surface area contributed by atoms with Gasteiger partial charge in [-0.1, -0.05) is 60.7 Å². The molecule has 1 saturated heterocycles. The number of carboxylic acids is 1. The number of halogens is 3. The highest BCUT2D eigenvalue weighted by Gasteiger charge is 2.59. The van der Waals surface area contributed by atoms with Crippen molar-refractivity contribution in [2.75, 3.05) is 5.32 Å². The minimum Gasteiger partial charge on any atom is -0.480 e. The Morgan fingerprint density at radius 1 is 1.10 bits per heavy atom. The van der Waals surface area contributed by atoms with Crippen LogP contribution in [-0.4, -0.2) is 28.6 Å². The number of carbonyl (C=O) groups excluding carboxylic acids is 1. The average molecular weight is 465 g/mol. The molecular formula is C23H23Cl2FN2O3. The Labute approximate surface area is 189 Å². The molecule has 2 aromatic carbocycles. The van der Waals surface area contributed by atoms with Crippen LogP contribution in [0, 0.1) is 11.7 Å². The molecule has 2 aromatic rings. The lowest BCUT2D eigenvalue weighted by atomic mass is 9.68. The van der Waals surface area contributed by atoms with E-state index >= 15 is 4.39 Å². The Balaban J connectivity index is 1.81. The largest absolute Gasteiger partial charge is 0.480 e. The number of hydrogen-bond donors (Lipinski definition) is 3. The van der Waals surface area contributed by atoms with Gasteiger partial charge in [0.05, 0.1) is 10.9 Å². The summed E-state index contributed by atoms with van der Waals surface area (Å²) in [5, 5.41) is 16.5. The second kappa shape index (κ2) is 8.77. The third-order valence-corrected chi connectivity index (χ3v) is 7.01. The van der Waals surface area contributed by atoms with Crippen LogP contribution in [0.5, 0.6) is 0 Å². The lowest BCUT2D eigenvalue weighted by Gasteiger charge is -2.39. The first-order valence-corrected chi connectivity index (χ1v) is 11.1. The van der Waals surface area contributed by atoms with E-state index in [-0.39, 0.29) is 16.5 Å². The first kappa shape index (κ1) is 22.1. The maximum Gasteiger partial charge on any atom is 0.321 e. The van der Waals surface area contributed by atoms with Crippen LogP contribution in [0.25, 0.3) is 0 Å². The van der Waals surface area contributed by atoms with Gasteiger partial charge in [-0.15, -0.1) is 0 Å². The predicted octanol–water partition coefficient (Wildman–Crippen LogP) is 5.23. The molecule has 1 aliphatic heterocycles. The molecule has 1 amide bonds. The van der Waals surface area contributed by atoms with E-state index in [4.69, 9.17) is 23.2 Å². The summed E-state index contributed by atoms with van der Waals surface area (Å²) in [6, 6.07) is 10.2. The van der Waals surface area contributed by atoms with Crippen LogP contribution < -0.4 is 10.6 Å². The van der Waals surface area contributed by atoms with Gasteiger partial charge in [-0.3, -0.25) is 14.9 Å². The van der Waals surface area contributed by atoms with Crippen LogP contribution in [0.4, 0.5) is 10.1 Å². The summed E-state index contributed by atoms with van der Waals surface area (Å²) < 4.78 is 15.1. The number of amides is 1. The van der Waals surface area contributed by atoms with Gasteiger partial charge >= 0.3 is 5.97 Å². The van der Waals surface area contributed by atoms with Crippen molar-refractivity contribution in [3.63, 3.8) is 0 Å². The fourth-order valence-electron chi connectivity index (χ4n) is 5.22. The van der Waals surface area contributed by atoms with E-state index in [9.17, 15) is 14.7 Å². The van der Waals surface area contributed by atoms with Crippen LogP contribution in [0.3, 0.4) is 0 Å². The van der Waals surface area contributed by atoms with Crippen molar-refractivity contribution < 1.29 is 19.1 Å². The highest BCUT2D eigenvalue weighted by Crippen LogP contribution is 2.50. The zero-order chi connectivity index (χ0) is 22.2. The molecule has 0 bridgehead atoms. The standard InChI is InChI=1S/C23H23Cl2FN2O3/c24-13-6-4-7-14(12-13)27-21(29)18-17(15-8-5-9-16(25)19(15)26)20(22(30)31)28-23(18)10-2-1-3-11-23/h4-9,12,17-18,20,28H,1-3,10-11H2,(H,27,29)(H,30,31)/t17?,18?,20-/m1/s1. The number of benzene rings is 2. The van der Waals surface area contributed by atoms with Crippen LogP contribution >= 0.6 is 23.2 Å². The van der Waals surface area contributed by atoms with Gasteiger partial charge in [-0.05, 0) is 42.7 Å². The minimum absolute atomic E-state index is 0.0970. The molecule has 0 aromatic heterocycles. The van der Waals surface area contributed by atoms with E-state index < -0.39 is 35.2 Å². The Morgan fingerprint density at radius 3 is 2.48 bits per heavy atom. The molecule has 8 heteroatoms. The maximum absolute atomic E-state index is 15.1. The van der Waals surface area contributed by atoms with E-state index in [1.165, 1.54) is 12.1 Å². The maximum atomic E-state index is 15.1. The summed E-state index contributed by atoms with van der Waals surface area (Å²) >= 11 is 12.1. The summed E-state index contributed by atoms with van der Waals surface area (Å²) in [4.78, 5) is 25.8. The molecule has 2 aliphatic rings. The number of aliphatic carboxylic acids is 1. The molecule has 1 aliphatic carbocycles. The van der Waals surface area contributed by atoms with Crippen LogP contribution in [-0.2, 0) is 9.59 Å². The second-order valence-corrected chi connectivity index (χ2v) is 9.17. The lowest BCUT2D eigenvalue weighted by molar-refractivity contribution is -0.139. The molecule has 1 spiro atoms. The zero-order valence-corrected chi connectivity index (χ0v) is 18.2. The molecule has 0 radical (unpaired) electrons. The number of carboxylic acid groups (broad SMARTS) is 1. The number of rotatable bonds is 4. The summed E-state index contributed by atoms with van der Waals surface area (Å²) in [7, 11) is 0. The Kier molecular flexibility index (Phi) is 6.24. The molecular weight excluding hydrogens is 442 g/mol. The Bertz CT molecular complexity index is 1010. The van der Waals surface area contributed by atoms with Crippen molar-refractivity contribution in [2.24, 2.45) is 5.92 Å². The molecule has 5 nitrogen and oxygen atoms in total. The van der Waals surface area contributed by atoms with Crippen molar-refractivity contribution in [3.8, 4) is 0 Å². The first-order chi connectivity index (χ1) is 14.8. The third kappa shape index (κ3) is 4.16. The van der Waals surface area contributed by atoms with Crippen molar-refractivity contribution in [3.05, 3.63) is 63.9 Å². The molecule has 2 unspecified atom stereocenters. The van der Waals surface area contributed by atoms with Crippen LogP contribution in [0.2, 0.25) is 10.0 Å². The lowest BCUT2D eigenvalue weighted by Crippen LogP contribution is -2.52. The summed E-state index contributed by atoms with van der Waals surface area (Å²) in [6.07, 6.45) is 4.03. The van der Waals surface area contributed by atoms with Gasteiger partial charge < -0.3 is 10.4 Å². The topological polar surface area (TPSA) is 78.4 Å². The van der Waals surface area contributed by atoms with E-state index in [1.54, 1.807) is 30.3 Å². The monoisotopic (exact) mass is 464 g/mol. The highest BCUT2D eigenvalue weighted by atomic mass is 35.5. The number of hydrogen-bond acceptors (Lipinski definition) is 3. The molecule has 2 fully saturated rings. The van der Waals surface area contributed by atoms with E-state index in [0.717, 1.165) is 19.3 Å². The summed E-state index contributed by atoms with van der Waals surface area (Å²) in [5.41, 5.74) is -0.0859. The number of carbonyl (C=O) groups is 2. The van der Waals surface area contributed by atoms with E-state index in [0.29, 0.717) is 23.6 Å². The smallest absolute Gasteiger partial charge is 0.321 e. The molecule has 4 rings (SSSR count). The van der Waals surface area contributed by atoms with Crippen molar-refractivity contribution in [1.29, 1.82) is 0 Å². The third-order valence-electron chi connectivity index (χ3n) is 6.48. The Hall–Kier alpha value is -2.15. The van der Waals surface area contributed by atoms with Gasteiger partial charge in [0.25, 0.3) is 0 Å². The molecule has 164 valence electrons. The Morgan fingerprint density at radius 2 is 1.81 bits per heavy atom. The summed E-state index contributed by atoms with van der Waals surface area (Å²) in [5.74, 6) is -3.86. The van der Waals surface area contributed by atoms with Gasteiger partial charge in [-0.25, -0.2) is 4.39 Å². The average Bonchev–Trinajstić information content (AvgIpc) is 3.05. The fourth-order valence-corrected chi connectivity index (χ4v) is 5.59. The molecule has 3 N–H and O–H groups in total.